The zero-order chi connectivity index (χ0) is 10.7. The summed E-state index contributed by atoms with van der Waals surface area (Å²) in [5.41, 5.74) is 2.08. The highest BCUT2D eigenvalue weighted by Crippen LogP contribution is 2.27. The number of aryl methyl sites for hydroxylation is 1. The van der Waals surface area contributed by atoms with E-state index in [-0.39, 0.29) is 0 Å². The largest absolute Gasteiger partial charge is 0.496 e. The fraction of sp³-hybridized carbons (Fsp3) is 0.167. The second kappa shape index (κ2) is 4.09. The quantitative estimate of drug-likeness (QED) is 0.747. The summed E-state index contributed by atoms with van der Waals surface area (Å²) in [5, 5.41) is 0. The fourth-order valence-corrected chi connectivity index (χ4v) is 1.42. The Balaban J connectivity index is 2.53. The van der Waals surface area contributed by atoms with Gasteiger partial charge >= 0.3 is 0 Å². The zero-order valence-corrected chi connectivity index (χ0v) is 8.77. The highest BCUT2D eigenvalue weighted by molar-refractivity contribution is 5.64. The predicted molar refractivity (Wildman–Crippen MR) is 58.8 cm³/mol. The lowest BCUT2D eigenvalue weighted by Gasteiger charge is -2.07. The van der Waals surface area contributed by atoms with Gasteiger partial charge < -0.3 is 4.74 Å². The summed E-state index contributed by atoms with van der Waals surface area (Å²) >= 11 is 0. The van der Waals surface area contributed by atoms with Crippen molar-refractivity contribution in [1.82, 2.24) is 9.97 Å². The summed E-state index contributed by atoms with van der Waals surface area (Å²) in [6.07, 6.45) is 3.45. The molecule has 0 aliphatic rings. The Morgan fingerprint density at radius 3 is 2.53 bits per heavy atom. The Hall–Kier alpha value is -1.90. The van der Waals surface area contributed by atoms with Crippen molar-refractivity contribution in [1.29, 1.82) is 0 Å². The van der Waals surface area contributed by atoms with Crippen LogP contribution < -0.4 is 4.74 Å². The van der Waals surface area contributed by atoms with Crippen LogP contribution in [0, 0.1) is 6.92 Å². The van der Waals surface area contributed by atoms with Crippen LogP contribution in [0.25, 0.3) is 11.4 Å². The normalized spacial score (nSPS) is 10.0. The van der Waals surface area contributed by atoms with Crippen LogP contribution >= 0.6 is 0 Å². The zero-order valence-electron chi connectivity index (χ0n) is 8.77. The SMILES string of the molecule is COc1cc(C)ccc1-c1ncccn1. The molecule has 1 heterocycles. The number of hydrogen-bond acceptors (Lipinski definition) is 3. The average molecular weight is 200 g/mol. The van der Waals surface area contributed by atoms with Crippen molar-refractivity contribution >= 4 is 0 Å². The molecule has 15 heavy (non-hydrogen) atoms. The van der Waals surface area contributed by atoms with Crippen LogP contribution in [0.5, 0.6) is 5.75 Å². The third-order valence-corrected chi connectivity index (χ3v) is 2.16. The first kappa shape index (κ1) is 9.65. The Kier molecular flexibility index (Phi) is 2.63. The maximum absolute atomic E-state index is 5.30. The van der Waals surface area contributed by atoms with E-state index in [4.69, 9.17) is 4.74 Å². The van der Waals surface area contributed by atoms with Crippen molar-refractivity contribution in [3.63, 3.8) is 0 Å². The molecule has 0 amide bonds. The number of benzene rings is 1. The first-order chi connectivity index (χ1) is 7.31. The molecule has 1 aromatic carbocycles. The predicted octanol–water partition coefficient (Wildman–Crippen LogP) is 2.46. The van der Waals surface area contributed by atoms with Gasteiger partial charge in [-0.25, -0.2) is 9.97 Å². The average Bonchev–Trinajstić information content (AvgIpc) is 2.30. The van der Waals surface area contributed by atoms with E-state index >= 15 is 0 Å². The second-order valence-electron chi connectivity index (χ2n) is 3.28. The van der Waals surface area contributed by atoms with Crippen LogP contribution in [0.2, 0.25) is 0 Å². The summed E-state index contributed by atoms with van der Waals surface area (Å²) in [6.45, 7) is 2.03. The third kappa shape index (κ3) is 1.96. The molecule has 0 unspecified atom stereocenters. The van der Waals surface area contributed by atoms with E-state index in [0.717, 1.165) is 16.9 Å². The van der Waals surface area contributed by atoms with Gasteiger partial charge in [0.05, 0.1) is 12.7 Å². The number of aromatic nitrogens is 2. The molecule has 1 aromatic heterocycles. The van der Waals surface area contributed by atoms with Crippen LogP contribution in [0.4, 0.5) is 0 Å². The summed E-state index contributed by atoms with van der Waals surface area (Å²) in [4.78, 5) is 8.39. The Bertz CT molecular complexity index is 454. The monoisotopic (exact) mass is 200 g/mol. The van der Waals surface area contributed by atoms with E-state index in [0.29, 0.717) is 5.82 Å². The molecular formula is C12H12N2O. The van der Waals surface area contributed by atoms with Gasteiger partial charge in [-0.2, -0.15) is 0 Å². The fourth-order valence-electron chi connectivity index (χ4n) is 1.42. The molecule has 0 spiro atoms. The molecule has 0 saturated carbocycles. The summed E-state index contributed by atoms with van der Waals surface area (Å²) in [6, 6.07) is 7.77. The summed E-state index contributed by atoms with van der Waals surface area (Å²) in [5.74, 6) is 1.50. The molecule has 0 saturated heterocycles. The molecule has 0 aliphatic carbocycles. The van der Waals surface area contributed by atoms with Gasteiger partial charge in [0.25, 0.3) is 0 Å². The lowest BCUT2D eigenvalue weighted by atomic mass is 10.1. The molecule has 0 radical (unpaired) electrons. The molecule has 0 fully saturated rings. The standard InChI is InChI=1S/C12H12N2O/c1-9-4-5-10(11(8-9)15-2)12-13-6-3-7-14-12/h3-8H,1-2H3. The van der Waals surface area contributed by atoms with Gasteiger partial charge in [0.1, 0.15) is 5.75 Å². The molecule has 3 nitrogen and oxygen atoms in total. The maximum atomic E-state index is 5.30. The van der Waals surface area contributed by atoms with E-state index in [9.17, 15) is 0 Å². The molecule has 76 valence electrons. The lowest BCUT2D eigenvalue weighted by Crippen LogP contribution is -1.92. The van der Waals surface area contributed by atoms with E-state index in [1.54, 1.807) is 25.6 Å². The highest BCUT2D eigenvalue weighted by Gasteiger charge is 2.07. The van der Waals surface area contributed by atoms with E-state index in [1.807, 2.05) is 25.1 Å². The van der Waals surface area contributed by atoms with E-state index < -0.39 is 0 Å². The minimum absolute atomic E-state index is 0.689. The van der Waals surface area contributed by atoms with E-state index in [1.165, 1.54) is 0 Å². The Morgan fingerprint density at radius 2 is 1.87 bits per heavy atom. The minimum Gasteiger partial charge on any atom is -0.496 e. The van der Waals surface area contributed by atoms with E-state index in [2.05, 4.69) is 9.97 Å². The Morgan fingerprint density at radius 1 is 1.13 bits per heavy atom. The topological polar surface area (TPSA) is 35.0 Å². The third-order valence-electron chi connectivity index (χ3n) is 2.16. The first-order valence-electron chi connectivity index (χ1n) is 4.73. The minimum atomic E-state index is 0.689. The van der Waals surface area contributed by atoms with Crippen LogP contribution in [0.3, 0.4) is 0 Å². The molecule has 2 rings (SSSR count). The van der Waals surface area contributed by atoms with Crippen molar-refractivity contribution in [2.24, 2.45) is 0 Å². The summed E-state index contributed by atoms with van der Waals surface area (Å²) < 4.78 is 5.30. The number of rotatable bonds is 2. The smallest absolute Gasteiger partial charge is 0.162 e. The molecule has 0 N–H and O–H groups in total. The van der Waals surface area contributed by atoms with Gasteiger partial charge in [0.2, 0.25) is 0 Å². The maximum Gasteiger partial charge on any atom is 0.162 e. The van der Waals surface area contributed by atoms with Crippen molar-refractivity contribution < 1.29 is 4.74 Å². The lowest BCUT2D eigenvalue weighted by molar-refractivity contribution is 0.416. The molecule has 0 atom stereocenters. The van der Waals surface area contributed by atoms with Gasteiger partial charge in [-0.15, -0.1) is 0 Å². The molecule has 3 heteroatoms. The van der Waals surface area contributed by atoms with Crippen molar-refractivity contribution in [2.45, 2.75) is 6.92 Å². The number of ether oxygens (including phenoxy) is 1. The van der Waals surface area contributed by atoms with Gasteiger partial charge in [-0.1, -0.05) is 6.07 Å². The summed E-state index contributed by atoms with van der Waals surface area (Å²) in [7, 11) is 1.65. The molecule has 0 bridgehead atoms. The number of hydrogen-bond donors (Lipinski definition) is 0. The number of nitrogens with zero attached hydrogens (tertiary/aromatic N) is 2. The van der Waals surface area contributed by atoms with Gasteiger partial charge in [0.15, 0.2) is 5.82 Å². The van der Waals surface area contributed by atoms with Gasteiger partial charge in [-0.3, -0.25) is 0 Å². The first-order valence-corrected chi connectivity index (χ1v) is 4.73. The molecule has 2 aromatic rings. The Labute approximate surface area is 88.8 Å². The van der Waals surface area contributed by atoms with Crippen LogP contribution in [-0.4, -0.2) is 17.1 Å². The van der Waals surface area contributed by atoms with Crippen LogP contribution in [0.15, 0.2) is 36.7 Å². The molecular weight excluding hydrogens is 188 g/mol. The van der Waals surface area contributed by atoms with Crippen molar-refractivity contribution in [3.8, 4) is 17.1 Å². The van der Waals surface area contributed by atoms with Crippen molar-refractivity contribution in [2.75, 3.05) is 7.11 Å². The second-order valence-corrected chi connectivity index (χ2v) is 3.28. The number of methoxy groups -OCH3 is 1. The molecule has 0 aliphatic heterocycles. The van der Waals surface area contributed by atoms with Crippen LogP contribution in [0.1, 0.15) is 5.56 Å². The highest BCUT2D eigenvalue weighted by atomic mass is 16.5. The van der Waals surface area contributed by atoms with Gasteiger partial charge in [0, 0.05) is 12.4 Å². The van der Waals surface area contributed by atoms with Gasteiger partial charge in [-0.05, 0) is 30.7 Å². The van der Waals surface area contributed by atoms with Crippen molar-refractivity contribution in [3.05, 3.63) is 42.2 Å². The van der Waals surface area contributed by atoms with Crippen LogP contribution in [-0.2, 0) is 0 Å².